The molecular formula is C12H18N2O2. The van der Waals surface area contributed by atoms with E-state index in [-0.39, 0.29) is 0 Å². The van der Waals surface area contributed by atoms with Crippen LogP contribution in [0.2, 0.25) is 0 Å². The van der Waals surface area contributed by atoms with Crippen molar-refractivity contribution >= 4 is 17.5 Å². The van der Waals surface area contributed by atoms with Crippen LogP contribution < -0.4 is 10.6 Å². The monoisotopic (exact) mass is 222 g/mol. The molecule has 0 atom stereocenters. The second-order valence-corrected chi connectivity index (χ2v) is 3.97. The Kier molecular flexibility index (Phi) is 4.64. The summed E-state index contributed by atoms with van der Waals surface area (Å²) in [5.74, 6) is 0.581. The molecule has 0 saturated heterocycles. The van der Waals surface area contributed by atoms with Crippen LogP contribution in [-0.4, -0.2) is 19.7 Å². The minimum Gasteiger partial charge on any atom is -0.453 e. The zero-order valence-electron chi connectivity index (χ0n) is 9.91. The molecule has 2 N–H and O–H groups in total. The standard InChI is InChI=1S/C12H18N2O2/c1-9(2)8-13-10-5-4-6-11(7-10)14-12(15)16-3/h4-7,9,13H,8H2,1-3H3,(H,14,15). The zero-order valence-corrected chi connectivity index (χ0v) is 9.91. The summed E-state index contributed by atoms with van der Waals surface area (Å²) in [6.45, 7) is 5.19. The van der Waals surface area contributed by atoms with Gasteiger partial charge in [0.25, 0.3) is 0 Å². The number of methoxy groups -OCH3 is 1. The second-order valence-electron chi connectivity index (χ2n) is 3.97. The quantitative estimate of drug-likeness (QED) is 0.823. The normalized spacial score (nSPS) is 10.0. The third-order valence-electron chi connectivity index (χ3n) is 2.01. The molecule has 1 rings (SSSR count). The lowest BCUT2D eigenvalue weighted by atomic mass is 10.2. The molecule has 0 spiro atoms. The molecule has 4 heteroatoms. The Morgan fingerprint density at radius 1 is 1.38 bits per heavy atom. The third kappa shape index (κ3) is 4.21. The number of nitrogens with one attached hydrogen (secondary N) is 2. The minimum atomic E-state index is -0.457. The summed E-state index contributed by atoms with van der Waals surface area (Å²) in [6, 6.07) is 7.54. The molecule has 0 fully saturated rings. The van der Waals surface area contributed by atoms with Crippen LogP contribution in [0.3, 0.4) is 0 Å². The van der Waals surface area contributed by atoms with Gasteiger partial charge in [0.1, 0.15) is 0 Å². The highest BCUT2D eigenvalue weighted by atomic mass is 16.5. The predicted molar refractivity (Wildman–Crippen MR) is 65.8 cm³/mol. The van der Waals surface area contributed by atoms with Crippen molar-refractivity contribution in [2.24, 2.45) is 5.92 Å². The van der Waals surface area contributed by atoms with E-state index in [1.807, 2.05) is 24.3 Å². The molecular weight excluding hydrogens is 204 g/mol. The lowest BCUT2D eigenvalue weighted by Gasteiger charge is -2.10. The number of amides is 1. The summed E-state index contributed by atoms with van der Waals surface area (Å²) in [4.78, 5) is 11.0. The molecule has 1 aromatic rings. The van der Waals surface area contributed by atoms with Gasteiger partial charge in [0.2, 0.25) is 0 Å². The van der Waals surface area contributed by atoms with Gasteiger partial charge in [-0.2, -0.15) is 0 Å². The van der Waals surface area contributed by atoms with Crippen molar-refractivity contribution in [3.8, 4) is 0 Å². The lowest BCUT2D eigenvalue weighted by Crippen LogP contribution is -2.12. The van der Waals surface area contributed by atoms with Gasteiger partial charge in [0.05, 0.1) is 7.11 Å². The van der Waals surface area contributed by atoms with Crippen LogP contribution in [0.15, 0.2) is 24.3 Å². The summed E-state index contributed by atoms with van der Waals surface area (Å²) < 4.78 is 4.52. The Balaban J connectivity index is 2.60. The molecule has 0 aliphatic heterocycles. The molecule has 0 bridgehead atoms. The van der Waals surface area contributed by atoms with Crippen molar-refractivity contribution in [1.82, 2.24) is 0 Å². The van der Waals surface area contributed by atoms with Crippen LogP contribution in [0.1, 0.15) is 13.8 Å². The number of rotatable bonds is 4. The molecule has 16 heavy (non-hydrogen) atoms. The maximum atomic E-state index is 11.0. The summed E-state index contributed by atoms with van der Waals surface area (Å²) >= 11 is 0. The van der Waals surface area contributed by atoms with E-state index in [2.05, 4.69) is 29.2 Å². The van der Waals surface area contributed by atoms with Crippen molar-refractivity contribution < 1.29 is 9.53 Å². The predicted octanol–water partition coefficient (Wildman–Crippen LogP) is 2.93. The molecule has 0 aliphatic carbocycles. The van der Waals surface area contributed by atoms with Crippen molar-refractivity contribution in [1.29, 1.82) is 0 Å². The average Bonchev–Trinajstić information content (AvgIpc) is 2.26. The fourth-order valence-corrected chi connectivity index (χ4v) is 1.20. The minimum absolute atomic E-state index is 0.457. The molecule has 0 radical (unpaired) electrons. The van der Waals surface area contributed by atoms with Gasteiger partial charge in [-0.05, 0) is 24.1 Å². The van der Waals surface area contributed by atoms with Gasteiger partial charge in [-0.15, -0.1) is 0 Å². The largest absolute Gasteiger partial charge is 0.453 e. The van der Waals surface area contributed by atoms with Gasteiger partial charge in [-0.3, -0.25) is 5.32 Å². The zero-order chi connectivity index (χ0) is 12.0. The van der Waals surface area contributed by atoms with E-state index in [0.29, 0.717) is 5.92 Å². The third-order valence-corrected chi connectivity index (χ3v) is 2.01. The van der Waals surface area contributed by atoms with Crippen LogP contribution in [0, 0.1) is 5.92 Å². The van der Waals surface area contributed by atoms with E-state index < -0.39 is 6.09 Å². The Labute approximate surface area is 96.0 Å². The Morgan fingerprint density at radius 2 is 2.06 bits per heavy atom. The molecule has 88 valence electrons. The van der Waals surface area contributed by atoms with E-state index in [1.165, 1.54) is 7.11 Å². The van der Waals surface area contributed by atoms with E-state index in [0.717, 1.165) is 17.9 Å². The number of carbonyl (C=O) groups is 1. The molecule has 1 amide bonds. The lowest BCUT2D eigenvalue weighted by molar-refractivity contribution is 0.187. The van der Waals surface area contributed by atoms with E-state index in [4.69, 9.17) is 0 Å². The van der Waals surface area contributed by atoms with Gasteiger partial charge in [0, 0.05) is 17.9 Å². The van der Waals surface area contributed by atoms with Gasteiger partial charge < -0.3 is 10.1 Å². The first-order valence-electron chi connectivity index (χ1n) is 5.30. The first kappa shape index (κ1) is 12.4. The number of anilines is 2. The van der Waals surface area contributed by atoms with E-state index >= 15 is 0 Å². The molecule has 0 aromatic heterocycles. The SMILES string of the molecule is COC(=O)Nc1cccc(NCC(C)C)c1. The second kappa shape index (κ2) is 6.00. The number of carbonyl (C=O) groups excluding carboxylic acids is 1. The molecule has 4 nitrogen and oxygen atoms in total. The maximum Gasteiger partial charge on any atom is 0.411 e. The van der Waals surface area contributed by atoms with Crippen molar-refractivity contribution in [3.63, 3.8) is 0 Å². The number of hydrogen-bond donors (Lipinski definition) is 2. The van der Waals surface area contributed by atoms with Gasteiger partial charge in [0.15, 0.2) is 0 Å². The van der Waals surface area contributed by atoms with Crippen LogP contribution in [0.25, 0.3) is 0 Å². The highest BCUT2D eigenvalue weighted by molar-refractivity contribution is 5.85. The molecule has 0 unspecified atom stereocenters. The fraction of sp³-hybridized carbons (Fsp3) is 0.417. The summed E-state index contributed by atoms with van der Waals surface area (Å²) in [5, 5.41) is 5.90. The number of hydrogen-bond acceptors (Lipinski definition) is 3. The Morgan fingerprint density at radius 3 is 2.69 bits per heavy atom. The highest BCUT2D eigenvalue weighted by Gasteiger charge is 2.01. The molecule has 1 aromatic carbocycles. The summed E-state index contributed by atoms with van der Waals surface area (Å²) in [6.07, 6.45) is -0.457. The molecule has 0 heterocycles. The fourth-order valence-electron chi connectivity index (χ4n) is 1.20. The maximum absolute atomic E-state index is 11.0. The van der Waals surface area contributed by atoms with Gasteiger partial charge in [-0.1, -0.05) is 19.9 Å². The van der Waals surface area contributed by atoms with Crippen LogP contribution in [-0.2, 0) is 4.74 Å². The first-order valence-corrected chi connectivity index (χ1v) is 5.30. The van der Waals surface area contributed by atoms with Crippen LogP contribution >= 0.6 is 0 Å². The van der Waals surface area contributed by atoms with E-state index in [9.17, 15) is 4.79 Å². The van der Waals surface area contributed by atoms with Crippen LogP contribution in [0.4, 0.5) is 16.2 Å². The topological polar surface area (TPSA) is 50.4 Å². The van der Waals surface area contributed by atoms with Gasteiger partial charge in [-0.25, -0.2) is 4.79 Å². The van der Waals surface area contributed by atoms with Crippen molar-refractivity contribution in [2.75, 3.05) is 24.3 Å². The first-order chi connectivity index (χ1) is 7.61. The van der Waals surface area contributed by atoms with E-state index in [1.54, 1.807) is 0 Å². The van der Waals surface area contributed by atoms with Gasteiger partial charge >= 0.3 is 6.09 Å². The molecule has 0 saturated carbocycles. The number of ether oxygens (including phenoxy) is 1. The van der Waals surface area contributed by atoms with Crippen LogP contribution in [0.5, 0.6) is 0 Å². The molecule has 0 aliphatic rings. The van der Waals surface area contributed by atoms with Crippen molar-refractivity contribution in [3.05, 3.63) is 24.3 Å². The highest BCUT2D eigenvalue weighted by Crippen LogP contribution is 2.15. The average molecular weight is 222 g/mol. The van der Waals surface area contributed by atoms with Crippen molar-refractivity contribution in [2.45, 2.75) is 13.8 Å². The number of benzene rings is 1. The smallest absolute Gasteiger partial charge is 0.411 e. The Hall–Kier alpha value is -1.71. The Bertz CT molecular complexity index is 351. The summed E-state index contributed by atoms with van der Waals surface area (Å²) in [7, 11) is 1.34. The summed E-state index contributed by atoms with van der Waals surface area (Å²) in [5.41, 5.74) is 1.71.